The molecule has 1 N–H and O–H groups in total. The molecule has 0 heterocycles. The Hall–Kier alpha value is -2.07. The maximum absolute atomic E-state index is 12.9. The fourth-order valence-electron chi connectivity index (χ4n) is 2.16. The molecule has 0 aliphatic heterocycles. The number of halogens is 1. The van der Waals surface area contributed by atoms with Crippen LogP contribution in [0.2, 0.25) is 0 Å². The van der Waals surface area contributed by atoms with E-state index in [0.29, 0.717) is 12.4 Å². The standard InChI is InChI=1S/C18H22FNO2/c1-3-11-20-12-15-5-4-6-17(21-2)18(15)22-13-14-7-9-16(19)10-8-14/h4-10,20H,3,11-13H2,1-2H3. The highest BCUT2D eigenvalue weighted by Crippen LogP contribution is 2.31. The molecule has 0 aromatic heterocycles. The summed E-state index contributed by atoms with van der Waals surface area (Å²) in [6, 6.07) is 12.2. The van der Waals surface area contributed by atoms with Gasteiger partial charge in [-0.2, -0.15) is 0 Å². The van der Waals surface area contributed by atoms with E-state index in [-0.39, 0.29) is 5.82 Å². The van der Waals surface area contributed by atoms with Gasteiger partial charge >= 0.3 is 0 Å². The van der Waals surface area contributed by atoms with E-state index in [1.165, 1.54) is 12.1 Å². The summed E-state index contributed by atoms with van der Waals surface area (Å²) in [5.74, 6) is 1.20. The number of hydrogen-bond donors (Lipinski definition) is 1. The van der Waals surface area contributed by atoms with Crippen molar-refractivity contribution in [3.05, 3.63) is 59.4 Å². The molecule has 3 nitrogen and oxygen atoms in total. The Kier molecular flexibility index (Phi) is 6.22. The van der Waals surface area contributed by atoms with Crippen molar-refractivity contribution in [2.24, 2.45) is 0 Å². The van der Waals surface area contributed by atoms with Crippen LogP contribution in [0.3, 0.4) is 0 Å². The monoisotopic (exact) mass is 303 g/mol. The van der Waals surface area contributed by atoms with Gasteiger partial charge in [0.05, 0.1) is 7.11 Å². The molecule has 0 unspecified atom stereocenters. The average Bonchev–Trinajstić information content (AvgIpc) is 2.55. The van der Waals surface area contributed by atoms with E-state index in [9.17, 15) is 4.39 Å². The largest absolute Gasteiger partial charge is 0.493 e. The molecule has 0 amide bonds. The summed E-state index contributed by atoms with van der Waals surface area (Å²) in [4.78, 5) is 0. The second-order valence-corrected chi connectivity index (χ2v) is 5.04. The fraction of sp³-hybridized carbons (Fsp3) is 0.333. The lowest BCUT2D eigenvalue weighted by atomic mass is 10.1. The third-order valence-electron chi connectivity index (χ3n) is 3.32. The van der Waals surface area contributed by atoms with E-state index in [1.807, 2.05) is 18.2 Å². The molecule has 0 atom stereocenters. The summed E-state index contributed by atoms with van der Waals surface area (Å²) >= 11 is 0. The molecule has 0 saturated carbocycles. The van der Waals surface area contributed by atoms with Gasteiger partial charge in [-0.3, -0.25) is 0 Å². The summed E-state index contributed by atoms with van der Waals surface area (Å²) < 4.78 is 24.3. The number of methoxy groups -OCH3 is 1. The molecule has 0 aliphatic carbocycles. The third-order valence-corrected chi connectivity index (χ3v) is 3.32. The van der Waals surface area contributed by atoms with E-state index in [0.717, 1.165) is 36.4 Å². The lowest BCUT2D eigenvalue weighted by molar-refractivity contribution is 0.280. The molecular weight excluding hydrogens is 281 g/mol. The van der Waals surface area contributed by atoms with Crippen LogP contribution in [0.25, 0.3) is 0 Å². The Morgan fingerprint density at radius 3 is 2.55 bits per heavy atom. The number of rotatable bonds is 8. The van der Waals surface area contributed by atoms with Crippen molar-refractivity contribution in [2.45, 2.75) is 26.5 Å². The predicted octanol–water partition coefficient (Wildman–Crippen LogP) is 3.91. The van der Waals surface area contributed by atoms with E-state index in [2.05, 4.69) is 12.2 Å². The van der Waals surface area contributed by atoms with Gasteiger partial charge in [0.15, 0.2) is 11.5 Å². The van der Waals surface area contributed by atoms with Gasteiger partial charge in [0.2, 0.25) is 0 Å². The van der Waals surface area contributed by atoms with Crippen molar-refractivity contribution in [3.63, 3.8) is 0 Å². The van der Waals surface area contributed by atoms with E-state index in [4.69, 9.17) is 9.47 Å². The Morgan fingerprint density at radius 1 is 1.09 bits per heavy atom. The number of nitrogens with one attached hydrogen (secondary N) is 1. The normalized spacial score (nSPS) is 10.5. The van der Waals surface area contributed by atoms with Crippen LogP contribution in [-0.4, -0.2) is 13.7 Å². The molecule has 0 fully saturated rings. The highest BCUT2D eigenvalue weighted by Gasteiger charge is 2.10. The van der Waals surface area contributed by atoms with Crippen molar-refractivity contribution >= 4 is 0 Å². The smallest absolute Gasteiger partial charge is 0.166 e. The molecule has 0 spiro atoms. The Labute approximate surface area is 131 Å². The second kappa shape index (κ2) is 8.39. The van der Waals surface area contributed by atoms with Crippen LogP contribution >= 0.6 is 0 Å². The van der Waals surface area contributed by atoms with Gasteiger partial charge in [0, 0.05) is 12.1 Å². The van der Waals surface area contributed by atoms with Crippen molar-refractivity contribution in [3.8, 4) is 11.5 Å². The molecule has 0 bridgehead atoms. The lowest BCUT2D eigenvalue weighted by Crippen LogP contribution is -2.15. The van der Waals surface area contributed by atoms with Gasteiger partial charge in [-0.15, -0.1) is 0 Å². The second-order valence-electron chi connectivity index (χ2n) is 5.04. The first-order valence-electron chi connectivity index (χ1n) is 7.48. The fourth-order valence-corrected chi connectivity index (χ4v) is 2.16. The zero-order valence-corrected chi connectivity index (χ0v) is 13.1. The SMILES string of the molecule is CCCNCc1cccc(OC)c1OCc1ccc(F)cc1. The number of hydrogen-bond acceptors (Lipinski definition) is 3. The van der Waals surface area contributed by atoms with E-state index < -0.39 is 0 Å². The van der Waals surface area contributed by atoms with Gasteiger partial charge in [0.1, 0.15) is 12.4 Å². The van der Waals surface area contributed by atoms with Crippen LogP contribution < -0.4 is 14.8 Å². The zero-order valence-electron chi connectivity index (χ0n) is 13.1. The quantitative estimate of drug-likeness (QED) is 0.750. The molecule has 2 aromatic rings. The van der Waals surface area contributed by atoms with Crippen LogP contribution in [0.1, 0.15) is 24.5 Å². The minimum absolute atomic E-state index is 0.245. The van der Waals surface area contributed by atoms with Gasteiger partial charge in [-0.25, -0.2) is 4.39 Å². The molecule has 2 aromatic carbocycles. The van der Waals surface area contributed by atoms with E-state index >= 15 is 0 Å². The maximum atomic E-state index is 12.9. The molecule has 2 rings (SSSR count). The molecular formula is C18H22FNO2. The minimum atomic E-state index is -0.245. The molecule has 0 saturated heterocycles. The Bertz CT molecular complexity index is 584. The first-order valence-corrected chi connectivity index (χ1v) is 7.48. The minimum Gasteiger partial charge on any atom is -0.493 e. The van der Waals surface area contributed by atoms with Crippen LogP contribution in [0.15, 0.2) is 42.5 Å². The first kappa shape index (κ1) is 16.3. The molecule has 118 valence electrons. The topological polar surface area (TPSA) is 30.5 Å². The summed E-state index contributed by atoms with van der Waals surface area (Å²) in [7, 11) is 1.63. The van der Waals surface area contributed by atoms with Crippen LogP contribution in [0, 0.1) is 5.82 Å². The number of para-hydroxylation sites is 1. The highest BCUT2D eigenvalue weighted by molar-refractivity contribution is 5.46. The van der Waals surface area contributed by atoms with Crippen LogP contribution in [0.4, 0.5) is 4.39 Å². The molecule has 4 heteroatoms. The summed E-state index contributed by atoms with van der Waals surface area (Å²) in [5, 5.41) is 3.36. The van der Waals surface area contributed by atoms with Crippen molar-refractivity contribution in [2.75, 3.05) is 13.7 Å². The first-order chi connectivity index (χ1) is 10.7. The third kappa shape index (κ3) is 4.46. The predicted molar refractivity (Wildman–Crippen MR) is 85.7 cm³/mol. The zero-order chi connectivity index (χ0) is 15.8. The van der Waals surface area contributed by atoms with Gasteiger partial charge in [-0.1, -0.05) is 31.2 Å². The molecule has 0 radical (unpaired) electrons. The molecule has 0 aliphatic rings. The Balaban J connectivity index is 2.11. The number of benzene rings is 2. The van der Waals surface area contributed by atoms with Crippen LogP contribution in [-0.2, 0) is 13.2 Å². The summed E-state index contributed by atoms with van der Waals surface area (Å²) in [6.45, 7) is 4.18. The lowest BCUT2D eigenvalue weighted by Gasteiger charge is -2.15. The van der Waals surface area contributed by atoms with E-state index in [1.54, 1.807) is 19.2 Å². The Morgan fingerprint density at radius 2 is 1.86 bits per heavy atom. The summed E-state index contributed by atoms with van der Waals surface area (Å²) in [5.41, 5.74) is 1.97. The van der Waals surface area contributed by atoms with Crippen molar-refractivity contribution in [1.29, 1.82) is 0 Å². The molecule has 22 heavy (non-hydrogen) atoms. The highest BCUT2D eigenvalue weighted by atomic mass is 19.1. The van der Waals surface area contributed by atoms with Crippen molar-refractivity contribution < 1.29 is 13.9 Å². The average molecular weight is 303 g/mol. The van der Waals surface area contributed by atoms with Gasteiger partial charge in [-0.05, 0) is 36.7 Å². The van der Waals surface area contributed by atoms with Gasteiger partial charge in [0.25, 0.3) is 0 Å². The van der Waals surface area contributed by atoms with Gasteiger partial charge < -0.3 is 14.8 Å². The number of ether oxygens (including phenoxy) is 2. The van der Waals surface area contributed by atoms with Crippen molar-refractivity contribution in [1.82, 2.24) is 5.32 Å². The maximum Gasteiger partial charge on any atom is 0.166 e. The summed E-state index contributed by atoms with van der Waals surface area (Å²) in [6.07, 6.45) is 1.08. The van der Waals surface area contributed by atoms with Crippen LogP contribution in [0.5, 0.6) is 11.5 Å².